The summed E-state index contributed by atoms with van der Waals surface area (Å²) in [5, 5.41) is 8.39. The Morgan fingerprint density at radius 3 is 1.14 bits per heavy atom. The minimum absolute atomic E-state index is 0.0300. The number of hydrogen-bond acceptors (Lipinski definition) is 21. The highest BCUT2D eigenvalue weighted by Crippen LogP contribution is 2.33. The summed E-state index contributed by atoms with van der Waals surface area (Å²) in [6.45, 7) is 12.8. The predicted octanol–water partition coefficient (Wildman–Crippen LogP) is 12.4. The van der Waals surface area contributed by atoms with E-state index in [2.05, 4.69) is 29.9 Å². The number of rotatable bonds is 40. The van der Waals surface area contributed by atoms with Gasteiger partial charge in [-0.2, -0.15) is 10.2 Å². The number of carbonyl (C=O) groups is 8. The summed E-state index contributed by atoms with van der Waals surface area (Å²) in [4.78, 5) is 98.8. The maximum absolute atomic E-state index is 13.7. The highest BCUT2D eigenvalue weighted by molar-refractivity contribution is 5.95. The van der Waals surface area contributed by atoms with Crippen molar-refractivity contribution >= 4 is 60.7 Å². The second kappa shape index (κ2) is 39.7. The van der Waals surface area contributed by atoms with E-state index in [1.807, 2.05) is 0 Å². The molecule has 21 nitrogen and oxygen atoms in total. The quantitative estimate of drug-likeness (QED) is 0.00515. The van der Waals surface area contributed by atoms with Crippen molar-refractivity contribution in [3.05, 3.63) is 169 Å². The Balaban J connectivity index is 1.05. The molecule has 1 fully saturated rings. The normalized spacial score (nSPS) is 13.4. The van der Waals surface area contributed by atoms with Gasteiger partial charge >= 0.3 is 41.8 Å². The van der Waals surface area contributed by atoms with Crippen LogP contribution in [0.1, 0.15) is 135 Å². The first-order chi connectivity index (χ1) is 44.3. The van der Waals surface area contributed by atoms with Gasteiger partial charge in [-0.1, -0.05) is 19.7 Å². The number of carbonyl (C=O) groups excluding carboxylic acids is 8. The van der Waals surface area contributed by atoms with E-state index in [4.69, 9.17) is 52.1 Å². The lowest BCUT2D eigenvalue weighted by Gasteiger charge is -2.26. The summed E-state index contributed by atoms with van der Waals surface area (Å²) in [5.41, 5.74) is 0.816. The molecule has 0 spiro atoms. The molecule has 5 aromatic rings. The van der Waals surface area contributed by atoms with Crippen molar-refractivity contribution in [2.45, 2.75) is 103 Å². The van der Waals surface area contributed by atoms with Crippen molar-refractivity contribution in [3.8, 4) is 46.0 Å². The van der Waals surface area contributed by atoms with Crippen LogP contribution in [0.25, 0.3) is 0 Å². The van der Waals surface area contributed by atoms with Crippen LogP contribution in [0.2, 0.25) is 0 Å². The summed E-state index contributed by atoms with van der Waals surface area (Å²) < 4.78 is 60.8. The van der Waals surface area contributed by atoms with Crippen molar-refractivity contribution in [2.75, 3.05) is 39.6 Å². The van der Waals surface area contributed by atoms with Crippen LogP contribution in [-0.2, 0) is 43.0 Å². The monoisotopic (exact) mass is 1250 g/mol. The Labute approximate surface area is 528 Å². The van der Waals surface area contributed by atoms with Crippen molar-refractivity contribution in [1.29, 1.82) is 0 Å². The predicted molar refractivity (Wildman–Crippen MR) is 336 cm³/mol. The molecule has 0 saturated heterocycles. The summed E-state index contributed by atoms with van der Waals surface area (Å²) in [6, 6.07) is 28.3. The topological polar surface area (TPSA) is 263 Å². The standard InChI is InChI=1S/C70H76N2O19/c1-4-64(74)84-42-16-10-7-13-39-81-56-27-23-52(24-28-56)68(78)89-61-36-38-63(91-70(80)53-25-29-57(30-26-53)82-40-14-8-11-17-43-85-65(75)5-2)55(46-61)48-72-71-47-54-45-60(87-49-73)35-37-62(54)90-69(79)51-21-19-50(20-22-51)67(77)88-59-33-31-58(32-34-59)83-41-15-9-12-18-44-86-66(76)6-3/h4-6,23-38,45-51H,1-3,7-22,39-44H2/b71-47+,72-48+/t50-,51-. The lowest BCUT2D eigenvalue weighted by Crippen LogP contribution is -2.30. The number of benzene rings is 5. The fourth-order valence-electron chi connectivity index (χ4n) is 9.02. The molecule has 1 aliphatic carbocycles. The molecule has 5 aromatic carbocycles. The molecule has 0 radical (unpaired) electrons. The summed E-state index contributed by atoms with van der Waals surface area (Å²) in [5.74, 6) is -2.25. The molecule has 0 heterocycles. The molecule has 0 amide bonds. The van der Waals surface area contributed by atoms with Gasteiger partial charge in [0.2, 0.25) is 0 Å². The van der Waals surface area contributed by atoms with Gasteiger partial charge in [0, 0.05) is 29.4 Å². The van der Waals surface area contributed by atoms with Gasteiger partial charge in [0.1, 0.15) is 46.0 Å². The van der Waals surface area contributed by atoms with Crippen LogP contribution in [0.4, 0.5) is 0 Å². The van der Waals surface area contributed by atoms with Gasteiger partial charge in [-0.3, -0.25) is 14.4 Å². The molecule has 0 N–H and O–H groups in total. The summed E-state index contributed by atoms with van der Waals surface area (Å²) in [7, 11) is 0. The second-order valence-corrected chi connectivity index (χ2v) is 20.7. The minimum Gasteiger partial charge on any atom is -0.494 e. The van der Waals surface area contributed by atoms with Crippen LogP contribution in [-0.4, -0.2) is 100 Å². The number of esters is 7. The first kappa shape index (κ1) is 69.9. The van der Waals surface area contributed by atoms with E-state index in [9.17, 15) is 38.4 Å². The SMILES string of the molecule is C=CC(=O)OCCCCCCOc1ccc(OC(=O)[C@H]2CC[C@H](C(=O)Oc3ccc(OC=O)cc3/C=N/N=C/c3cc(OC(=O)c4ccc(OCCCCCCOC(=O)C=C)cc4)ccc3OC(=O)c3ccc(OCCCCCCOC(=O)C=C)cc3)CC2)cc1. The highest BCUT2D eigenvalue weighted by Gasteiger charge is 2.32. The molecule has 21 heteroatoms. The van der Waals surface area contributed by atoms with Gasteiger partial charge in [-0.15, -0.1) is 0 Å². The van der Waals surface area contributed by atoms with Gasteiger partial charge in [-0.25, -0.2) is 24.0 Å². The number of nitrogens with zero attached hydrogens (tertiary/aromatic N) is 2. The van der Waals surface area contributed by atoms with Gasteiger partial charge in [0.15, 0.2) is 0 Å². The molecule has 0 bridgehead atoms. The summed E-state index contributed by atoms with van der Waals surface area (Å²) in [6.07, 6.45) is 17.2. The first-order valence-corrected chi connectivity index (χ1v) is 30.2. The van der Waals surface area contributed by atoms with Crippen molar-refractivity contribution < 1.29 is 90.5 Å². The molecule has 480 valence electrons. The fraction of sp³-hybridized carbons (Fsp3) is 0.343. The minimum atomic E-state index is -0.719. The van der Waals surface area contributed by atoms with Crippen molar-refractivity contribution in [2.24, 2.45) is 22.0 Å². The highest BCUT2D eigenvalue weighted by atomic mass is 16.6. The largest absolute Gasteiger partial charge is 0.494 e. The van der Waals surface area contributed by atoms with Crippen molar-refractivity contribution in [3.63, 3.8) is 0 Å². The number of unbranched alkanes of at least 4 members (excludes halogenated alkanes) is 9. The van der Waals surface area contributed by atoms with Gasteiger partial charge < -0.3 is 52.1 Å². The molecule has 0 aliphatic heterocycles. The Morgan fingerprint density at radius 1 is 0.385 bits per heavy atom. The molecule has 0 aromatic heterocycles. The smallest absolute Gasteiger partial charge is 0.343 e. The van der Waals surface area contributed by atoms with E-state index in [1.54, 1.807) is 72.8 Å². The molecule has 0 atom stereocenters. The zero-order chi connectivity index (χ0) is 64.8. The molecule has 0 unspecified atom stereocenters. The lowest BCUT2D eigenvalue weighted by molar-refractivity contribution is -0.145. The average molecular weight is 1250 g/mol. The molecule has 1 saturated carbocycles. The van der Waals surface area contributed by atoms with E-state index in [1.165, 1.54) is 48.8 Å². The van der Waals surface area contributed by atoms with Gasteiger partial charge in [-0.05, 0) is 212 Å². The molecule has 1 aliphatic rings. The molecule has 91 heavy (non-hydrogen) atoms. The Bertz CT molecular complexity index is 3270. The third-order valence-electron chi connectivity index (χ3n) is 14.0. The zero-order valence-electron chi connectivity index (χ0n) is 50.8. The fourth-order valence-corrected chi connectivity index (χ4v) is 9.02. The Morgan fingerprint density at radius 2 is 0.725 bits per heavy atom. The van der Waals surface area contributed by atoms with E-state index in [0.29, 0.717) is 88.3 Å². The number of hydrogen-bond donors (Lipinski definition) is 0. The Kier molecular flexibility index (Phi) is 30.5. The van der Waals surface area contributed by atoms with E-state index in [0.717, 1.165) is 95.3 Å². The van der Waals surface area contributed by atoms with Crippen LogP contribution in [0.5, 0.6) is 46.0 Å². The second-order valence-electron chi connectivity index (χ2n) is 20.7. The van der Waals surface area contributed by atoms with Gasteiger partial charge in [0.25, 0.3) is 6.47 Å². The molecule has 6 rings (SSSR count). The van der Waals surface area contributed by atoms with Crippen LogP contribution >= 0.6 is 0 Å². The summed E-state index contributed by atoms with van der Waals surface area (Å²) >= 11 is 0. The van der Waals surface area contributed by atoms with E-state index < -0.39 is 53.6 Å². The third-order valence-corrected chi connectivity index (χ3v) is 14.0. The van der Waals surface area contributed by atoms with Crippen molar-refractivity contribution in [1.82, 2.24) is 0 Å². The van der Waals surface area contributed by atoms with Crippen LogP contribution in [0.15, 0.2) is 157 Å². The Hall–Kier alpha value is -10.2. The molecular formula is C70H76N2O19. The average Bonchev–Trinajstić information content (AvgIpc) is 1.67. The zero-order valence-corrected chi connectivity index (χ0v) is 50.8. The van der Waals surface area contributed by atoms with E-state index in [-0.39, 0.29) is 51.7 Å². The van der Waals surface area contributed by atoms with Crippen LogP contribution < -0.4 is 37.9 Å². The van der Waals surface area contributed by atoms with E-state index >= 15 is 0 Å². The third kappa shape index (κ3) is 25.8. The van der Waals surface area contributed by atoms with Crippen LogP contribution in [0, 0.1) is 11.8 Å². The maximum atomic E-state index is 13.7. The first-order valence-electron chi connectivity index (χ1n) is 30.2. The van der Waals surface area contributed by atoms with Crippen LogP contribution in [0.3, 0.4) is 0 Å². The maximum Gasteiger partial charge on any atom is 0.343 e. The number of ether oxygens (including phenoxy) is 11. The molecular weight excluding hydrogens is 1170 g/mol. The van der Waals surface area contributed by atoms with Gasteiger partial charge in [0.05, 0.1) is 75.0 Å². The lowest BCUT2D eigenvalue weighted by atomic mass is 9.82.